The van der Waals surface area contributed by atoms with Gasteiger partial charge in [0, 0.05) is 0 Å². The van der Waals surface area contributed by atoms with E-state index in [9.17, 15) is 0 Å². The zero-order valence-electron chi connectivity index (χ0n) is 16.8. The molecule has 0 radical (unpaired) electrons. The predicted molar refractivity (Wildman–Crippen MR) is 106 cm³/mol. The van der Waals surface area contributed by atoms with Crippen LogP contribution >= 0.6 is 0 Å². The van der Waals surface area contributed by atoms with E-state index in [-0.39, 0.29) is 24.0 Å². The summed E-state index contributed by atoms with van der Waals surface area (Å²) in [6, 6.07) is 10.1. The first-order chi connectivity index (χ1) is 11.6. The second kappa shape index (κ2) is 15.9. The molecule has 0 saturated heterocycles. The molecular weight excluding hydrogens is 421 g/mol. The highest BCUT2D eigenvalue weighted by molar-refractivity contribution is 5.20. The number of likely N-dealkylation sites (N-methyl/N-ethyl adjacent to an activating group) is 1. The van der Waals surface area contributed by atoms with Gasteiger partial charge in [0.15, 0.2) is 0 Å². The van der Waals surface area contributed by atoms with Crippen LogP contribution in [0.3, 0.4) is 0 Å². The number of halogens is 1. The lowest BCUT2D eigenvalue weighted by Gasteiger charge is -2.29. The Labute approximate surface area is 173 Å². The SMILES string of the molecule is CCCCCCCCCCCC[N+](C)(C)CCOc1ccccc1.[I-]. The van der Waals surface area contributed by atoms with Crippen molar-refractivity contribution >= 4 is 0 Å². The number of ether oxygens (including phenoxy) is 1. The summed E-state index contributed by atoms with van der Waals surface area (Å²) in [5, 5.41) is 0. The van der Waals surface area contributed by atoms with Gasteiger partial charge in [0.1, 0.15) is 18.9 Å². The Morgan fingerprint density at radius 2 is 1.24 bits per heavy atom. The van der Waals surface area contributed by atoms with Crippen LogP contribution in [0.4, 0.5) is 0 Å². The van der Waals surface area contributed by atoms with Gasteiger partial charge in [0.05, 0.1) is 20.6 Å². The molecule has 0 amide bonds. The van der Waals surface area contributed by atoms with E-state index in [0.717, 1.165) is 23.4 Å². The van der Waals surface area contributed by atoms with Crippen LogP contribution in [0.15, 0.2) is 30.3 Å². The highest BCUT2D eigenvalue weighted by Gasteiger charge is 2.14. The van der Waals surface area contributed by atoms with Gasteiger partial charge in [-0.05, 0) is 25.0 Å². The molecule has 1 aromatic rings. The first kappa shape index (κ1) is 24.7. The molecule has 0 unspecified atom stereocenters. The van der Waals surface area contributed by atoms with Crippen LogP contribution in [0.1, 0.15) is 71.1 Å². The molecule has 0 aromatic heterocycles. The van der Waals surface area contributed by atoms with Crippen molar-refractivity contribution in [3.63, 3.8) is 0 Å². The van der Waals surface area contributed by atoms with Gasteiger partial charge in [-0.1, -0.05) is 76.5 Å². The summed E-state index contributed by atoms with van der Waals surface area (Å²) in [5.74, 6) is 0.983. The fourth-order valence-corrected chi connectivity index (χ4v) is 3.07. The van der Waals surface area contributed by atoms with Crippen LogP contribution in [-0.2, 0) is 0 Å². The fraction of sp³-hybridized carbons (Fsp3) is 0.727. The molecule has 25 heavy (non-hydrogen) atoms. The minimum Gasteiger partial charge on any atom is -1.00 e. The number of benzene rings is 1. The van der Waals surface area contributed by atoms with Crippen molar-refractivity contribution in [3.05, 3.63) is 30.3 Å². The Balaban J connectivity index is 0.00000576. The second-order valence-corrected chi connectivity index (χ2v) is 7.73. The van der Waals surface area contributed by atoms with Crippen molar-refractivity contribution < 1.29 is 33.2 Å². The molecule has 146 valence electrons. The highest BCUT2D eigenvalue weighted by Crippen LogP contribution is 2.12. The third kappa shape index (κ3) is 14.6. The maximum atomic E-state index is 5.83. The quantitative estimate of drug-likeness (QED) is 0.222. The zero-order chi connectivity index (χ0) is 17.5. The molecule has 0 bridgehead atoms. The van der Waals surface area contributed by atoms with E-state index in [1.807, 2.05) is 30.3 Å². The Bertz CT molecular complexity index is 394. The van der Waals surface area contributed by atoms with Crippen molar-refractivity contribution in [1.29, 1.82) is 0 Å². The highest BCUT2D eigenvalue weighted by atomic mass is 127. The molecule has 1 rings (SSSR count). The summed E-state index contributed by atoms with van der Waals surface area (Å²) >= 11 is 0. The first-order valence-corrected chi connectivity index (χ1v) is 10.1. The smallest absolute Gasteiger partial charge is 0.137 e. The van der Waals surface area contributed by atoms with E-state index < -0.39 is 0 Å². The van der Waals surface area contributed by atoms with Gasteiger partial charge < -0.3 is 33.2 Å². The van der Waals surface area contributed by atoms with Gasteiger partial charge in [-0.25, -0.2) is 0 Å². The normalized spacial score (nSPS) is 11.2. The molecule has 0 spiro atoms. The van der Waals surface area contributed by atoms with Gasteiger partial charge in [-0.3, -0.25) is 0 Å². The van der Waals surface area contributed by atoms with Gasteiger partial charge >= 0.3 is 0 Å². The van der Waals surface area contributed by atoms with E-state index in [4.69, 9.17) is 4.74 Å². The van der Waals surface area contributed by atoms with Crippen molar-refractivity contribution in [3.8, 4) is 5.75 Å². The van der Waals surface area contributed by atoms with Gasteiger partial charge in [-0.2, -0.15) is 0 Å². The largest absolute Gasteiger partial charge is 1.00 e. The van der Waals surface area contributed by atoms with Gasteiger partial charge in [0.25, 0.3) is 0 Å². The predicted octanol–water partition coefficient (Wildman–Crippen LogP) is 3.07. The molecule has 0 aliphatic rings. The van der Waals surface area contributed by atoms with E-state index in [1.54, 1.807) is 0 Å². The van der Waals surface area contributed by atoms with Crippen LogP contribution < -0.4 is 28.7 Å². The summed E-state index contributed by atoms with van der Waals surface area (Å²) < 4.78 is 6.89. The molecule has 0 fully saturated rings. The van der Waals surface area contributed by atoms with Gasteiger partial charge in [-0.15, -0.1) is 0 Å². The lowest BCUT2D eigenvalue weighted by atomic mass is 10.1. The zero-order valence-corrected chi connectivity index (χ0v) is 19.0. The standard InChI is InChI=1S/C22H40NO.HI/c1-4-5-6-7-8-9-10-11-12-16-19-23(2,3)20-21-24-22-17-14-13-15-18-22;/h13-15,17-18H,4-12,16,19-21H2,1-3H3;1H/q+1;/p-1. The Kier molecular flexibility index (Phi) is 15.7. The molecule has 0 saturated carbocycles. The van der Waals surface area contributed by atoms with Crippen LogP contribution in [0, 0.1) is 0 Å². The molecule has 0 N–H and O–H groups in total. The Morgan fingerprint density at radius 3 is 1.80 bits per heavy atom. The van der Waals surface area contributed by atoms with Crippen LogP contribution in [0.2, 0.25) is 0 Å². The van der Waals surface area contributed by atoms with Crippen molar-refractivity contribution in [2.75, 3.05) is 33.8 Å². The molecule has 0 aliphatic heterocycles. The van der Waals surface area contributed by atoms with E-state index in [2.05, 4.69) is 21.0 Å². The van der Waals surface area contributed by atoms with Crippen molar-refractivity contribution in [2.24, 2.45) is 0 Å². The number of rotatable bonds is 15. The molecule has 2 nitrogen and oxygen atoms in total. The maximum Gasteiger partial charge on any atom is 0.137 e. The third-order valence-electron chi connectivity index (χ3n) is 4.83. The molecular formula is C22H40INO. The van der Waals surface area contributed by atoms with Gasteiger partial charge in [0.2, 0.25) is 0 Å². The minimum absolute atomic E-state index is 0. The Morgan fingerprint density at radius 1 is 0.720 bits per heavy atom. The second-order valence-electron chi connectivity index (χ2n) is 7.73. The summed E-state index contributed by atoms with van der Waals surface area (Å²) in [4.78, 5) is 0. The summed E-state index contributed by atoms with van der Waals surface area (Å²) in [6.45, 7) is 5.42. The maximum absolute atomic E-state index is 5.83. The van der Waals surface area contributed by atoms with Crippen molar-refractivity contribution in [1.82, 2.24) is 0 Å². The molecule has 3 heteroatoms. The molecule has 1 aromatic carbocycles. The van der Waals surface area contributed by atoms with E-state index in [1.165, 1.54) is 70.8 Å². The number of quaternary nitrogens is 1. The van der Waals surface area contributed by atoms with Crippen molar-refractivity contribution in [2.45, 2.75) is 71.1 Å². The number of hydrogen-bond donors (Lipinski definition) is 0. The fourth-order valence-electron chi connectivity index (χ4n) is 3.07. The lowest BCUT2D eigenvalue weighted by molar-refractivity contribution is -0.890. The summed E-state index contributed by atoms with van der Waals surface area (Å²) in [7, 11) is 4.64. The number of para-hydroxylation sites is 1. The lowest BCUT2D eigenvalue weighted by Crippen LogP contribution is -3.00. The topological polar surface area (TPSA) is 9.23 Å². The number of hydrogen-bond acceptors (Lipinski definition) is 1. The average Bonchev–Trinajstić information content (AvgIpc) is 2.57. The molecule has 0 aliphatic carbocycles. The minimum atomic E-state index is 0. The van der Waals surface area contributed by atoms with Crippen LogP contribution in [0.25, 0.3) is 0 Å². The average molecular weight is 461 g/mol. The number of nitrogens with zero attached hydrogens (tertiary/aromatic N) is 1. The molecule has 0 heterocycles. The summed E-state index contributed by atoms with van der Waals surface area (Å²) in [6.07, 6.45) is 14.1. The van der Waals surface area contributed by atoms with E-state index >= 15 is 0 Å². The number of unbranched alkanes of at least 4 members (excludes halogenated alkanes) is 9. The first-order valence-electron chi connectivity index (χ1n) is 10.1. The van der Waals surface area contributed by atoms with Crippen LogP contribution in [-0.4, -0.2) is 38.3 Å². The van der Waals surface area contributed by atoms with E-state index in [0.29, 0.717) is 0 Å². The molecule has 0 atom stereocenters. The summed E-state index contributed by atoms with van der Waals surface area (Å²) in [5.41, 5.74) is 0. The Hall–Kier alpha value is -0.290. The monoisotopic (exact) mass is 461 g/mol. The van der Waals surface area contributed by atoms with Crippen LogP contribution in [0.5, 0.6) is 5.75 Å². The third-order valence-corrected chi connectivity index (χ3v) is 4.83.